The maximum absolute atomic E-state index is 12.4. The van der Waals surface area contributed by atoms with Crippen LogP contribution >= 0.6 is 0 Å². The lowest BCUT2D eigenvalue weighted by Gasteiger charge is -2.41. The SMILES string of the molecule is CC(C)C1NC(=O)C(C)N(C(C)CS(C)(=O)=O)C1=O. The van der Waals surface area contributed by atoms with E-state index in [4.69, 9.17) is 0 Å². The van der Waals surface area contributed by atoms with E-state index in [1.807, 2.05) is 13.8 Å². The van der Waals surface area contributed by atoms with Gasteiger partial charge in [0.25, 0.3) is 0 Å². The zero-order valence-electron chi connectivity index (χ0n) is 12.0. The average Bonchev–Trinajstić information content (AvgIpc) is 2.20. The molecule has 0 saturated carbocycles. The monoisotopic (exact) mass is 290 g/mol. The van der Waals surface area contributed by atoms with Crippen molar-refractivity contribution in [3.05, 3.63) is 0 Å². The van der Waals surface area contributed by atoms with Gasteiger partial charge in [0, 0.05) is 12.3 Å². The third kappa shape index (κ3) is 3.68. The predicted octanol–water partition coefficient (Wildman–Crippen LogP) is -0.209. The molecule has 1 heterocycles. The second-order valence-corrected chi connectivity index (χ2v) is 7.78. The van der Waals surface area contributed by atoms with Crippen molar-refractivity contribution in [2.24, 2.45) is 5.92 Å². The van der Waals surface area contributed by atoms with Gasteiger partial charge in [0.15, 0.2) is 0 Å². The minimum atomic E-state index is -3.20. The van der Waals surface area contributed by atoms with E-state index >= 15 is 0 Å². The first-order valence-electron chi connectivity index (χ1n) is 6.35. The number of piperazine rings is 1. The first-order valence-corrected chi connectivity index (χ1v) is 8.41. The summed E-state index contributed by atoms with van der Waals surface area (Å²) >= 11 is 0. The number of carbonyl (C=O) groups excluding carboxylic acids is 2. The number of hydrogen-bond acceptors (Lipinski definition) is 4. The number of nitrogens with one attached hydrogen (secondary N) is 1. The standard InChI is InChI=1S/C12H22N2O4S/c1-7(2)10-12(16)14(9(4)11(15)13-10)8(3)6-19(5,17)18/h7-10H,6H2,1-5H3,(H,13,15). The fourth-order valence-corrected chi connectivity index (χ4v) is 3.42. The molecule has 0 radical (unpaired) electrons. The molecule has 6 nitrogen and oxygen atoms in total. The van der Waals surface area contributed by atoms with Gasteiger partial charge >= 0.3 is 0 Å². The van der Waals surface area contributed by atoms with Crippen LogP contribution < -0.4 is 5.32 Å². The third-order valence-electron chi connectivity index (χ3n) is 3.30. The number of sulfone groups is 1. The molecule has 3 unspecified atom stereocenters. The van der Waals surface area contributed by atoms with Crippen LogP contribution in [0.2, 0.25) is 0 Å². The van der Waals surface area contributed by atoms with Gasteiger partial charge < -0.3 is 10.2 Å². The third-order valence-corrected chi connectivity index (χ3v) is 4.39. The Morgan fingerprint density at radius 1 is 1.26 bits per heavy atom. The van der Waals surface area contributed by atoms with E-state index in [0.717, 1.165) is 6.26 Å². The lowest BCUT2D eigenvalue weighted by atomic mass is 9.97. The maximum atomic E-state index is 12.4. The topological polar surface area (TPSA) is 83.6 Å². The molecule has 1 rings (SSSR count). The van der Waals surface area contributed by atoms with Gasteiger partial charge in [-0.05, 0) is 19.8 Å². The maximum Gasteiger partial charge on any atom is 0.246 e. The summed E-state index contributed by atoms with van der Waals surface area (Å²) in [6.07, 6.45) is 1.13. The summed E-state index contributed by atoms with van der Waals surface area (Å²) in [5, 5.41) is 2.68. The zero-order valence-corrected chi connectivity index (χ0v) is 12.8. The molecular formula is C12H22N2O4S. The van der Waals surface area contributed by atoms with Crippen LogP contribution in [0, 0.1) is 5.92 Å². The molecule has 1 aliphatic heterocycles. The van der Waals surface area contributed by atoms with Gasteiger partial charge in [0.2, 0.25) is 11.8 Å². The Morgan fingerprint density at radius 3 is 2.21 bits per heavy atom. The van der Waals surface area contributed by atoms with Crippen LogP contribution in [0.25, 0.3) is 0 Å². The van der Waals surface area contributed by atoms with Crippen LogP contribution in [-0.4, -0.2) is 55.3 Å². The van der Waals surface area contributed by atoms with E-state index < -0.39 is 28.0 Å². The van der Waals surface area contributed by atoms with E-state index in [1.165, 1.54) is 4.90 Å². The van der Waals surface area contributed by atoms with Crippen molar-refractivity contribution >= 4 is 21.7 Å². The highest BCUT2D eigenvalue weighted by molar-refractivity contribution is 7.90. The Hall–Kier alpha value is -1.11. The minimum absolute atomic E-state index is 0.0307. The molecule has 0 aromatic rings. The van der Waals surface area contributed by atoms with Gasteiger partial charge in [-0.3, -0.25) is 9.59 Å². The summed E-state index contributed by atoms with van der Waals surface area (Å²) in [5.41, 5.74) is 0. The van der Waals surface area contributed by atoms with Gasteiger partial charge in [-0.2, -0.15) is 0 Å². The molecule has 0 bridgehead atoms. The van der Waals surface area contributed by atoms with Gasteiger partial charge in [-0.15, -0.1) is 0 Å². The molecule has 1 aliphatic rings. The Kier molecular flexibility index (Phi) is 4.60. The highest BCUT2D eigenvalue weighted by Gasteiger charge is 2.41. The number of amides is 2. The average molecular weight is 290 g/mol. The van der Waals surface area contributed by atoms with Crippen LogP contribution in [0.4, 0.5) is 0 Å². The fourth-order valence-electron chi connectivity index (χ4n) is 2.38. The Labute approximate surface area is 114 Å². The molecule has 1 fully saturated rings. The lowest BCUT2D eigenvalue weighted by molar-refractivity contribution is -0.151. The fraction of sp³-hybridized carbons (Fsp3) is 0.833. The number of nitrogens with zero attached hydrogens (tertiary/aromatic N) is 1. The van der Waals surface area contributed by atoms with Crippen molar-refractivity contribution in [3.63, 3.8) is 0 Å². The normalized spacial score (nSPS) is 26.5. The van der Waals surface area contributed by atoms with Crippen LogP contribution in [0.3, 0.4) is 0 Å². The highest BCUT2D eigenvalue weighted by atomic mass is 32.2. The quantitative estimate of drug-likeness (QED) is 0.776. The second kappa shape index (κ2) is 5.48. The van der Waals surface area contributed by atoms with Crippen LogP contribution in [-0.2, 0) is 19.4 Å². The van der Waals surface area contributed by atoms with E-state index in [2.05, 4.69) is 5.32 Å². The Balaban J connectivity index is 3.01. The molecule has 3 atom stereocenters. The molecule has 19 heavy (non-hydrogen) atoms. The molecule has 0 aliphatic carbocycles. The summed E-state index contributed by atoms with van der Waals surface area (Å²) in [4.78, 5) is 25.6. The molecule has 2 amide bonds. The van der Waals surface area contributed by atoms with Crippen molar-refractivity contribution in [1.82, 2.24) is 10.2 Å². The van der Waals surface area contributed by atoms with Gasteiger partial charge in [-0.1, -0.05) is 13.8 Å². The molecule has 0 spiro atoms. The van der Waals surface area contributed by atoms with E-state index in [-0.39, 0.29) is 23.5 Å². The largest absolute Gasteiger partial charge is 0.342 e. The smallest absolute Gasteiger partial charge is 0.246 e. The van der Waals surface area contributed by atoms with Gasteiger partial charge in [0.1, 0.15) is 21.9 Å². The van der Waals surface area contributed by atoms with E-state index in [1.54, 1.807) is 13.8 Å². The summed E-state index contributed by atoms with van der Waals surface area (Å²) in [7, 11) is -3.20. The summed E-state index contributed by atoms with van der Waals surface area (Å²) in [5.74, 6) is -0.616. The number of carbonyl (C=O) groups is 2. The van der Waals surface area contributed by atoms with Crippen LogP contribution in [0.5, 0.6) is 0 Å². The summed E-state index contributed by atoms with van der Waals surface area (Å²) in [6, 6.07) is -1.73. The zero-order chi connectivity index (χ0) is 15.0. The summed E-state index contributed by atoms with van der Waals surface area (Å²) < 4.78 is 22.7. The molecule has 0 aromatic carbocycles. The van der Waals surface area contributed by atoms with Crippen molar-refractivity contribution in [2.45, 2.75) is 45.8 Å². The summed E-state index contributed by atoms with van der Waals surface area (Å²) in [6.45, 7) is 6.96. The molecular weight excluding hydrogens is 268 g/mol. The molecule has 1 N–H and O–H groups in total. The lowest BCUT2D eigenvalue weighted by Crippen LogP contribution is -2.66. The Bertz CT molecular complexity index is 472. The van der Waals surface area contributed by atoms with Crippen molar-refractivity contribution < 1.29 is 18.0 Å². The first kappa shape index (κ1) is 15.9. The van der Waals surface area contributed by atoms with Gasteiger partial charge in [-0.25, -0.2) is 8.42 Å². The van der Waals surface area contributed by atoms with Crippen LogP contribution in [0.15, 0.2) is 0 Å². The first-order chi connectivity index (χ1) is 8.54. The van der Waals surface area contributed by atoms with Crippen molar-refractivity contribution in [3.8, 4) is 0 Å². The second-order valence-electron chi connectivity index (χ2n) is 5.59. The number of rotatable bonds is 4. The molecule has 1 saturated heterocycles. The minimum Gasteiger partial charge on any atom is -0.342 e. The highest BCUT2D eigenvalue weighted by Crippen LogP contribution is 2.18. The molecule has 110 valence electrons. The Morgan fingerprint density at radius 2 is 1.79 bits per heavy atom. The van der Waals surface area contributed by atoms with E-state index in [9.17, 15) is 18.0 Å². The molecule has 7 heteroatoms. The van der Waals surface area contributed by atoms with Gasteiger partial charge in [0.05, 0.1) is 5.75 Å². The van der Waals surface area contributed by atoms with Crippen LogP contribution in [0.1, 0.15) is 27.7 Å². The van der Waals surface area contributed by atoms with Crippen molar-refractivity contribution in [2.75, 3.05) is 12.0 Å². The van der Waals surface area contributed by atoms with Crippen molar-refractivity contribution in [1.29, 1.82) is 0 Å². The van der Waals surface area contributed by atoms with E-state index in [0.29, 0.717) is 0 Å². The number of hydrogen-bond donors (Lipinski definition) is 1. The predicted molar refractivity (Wildman–Crippen MR) is 72.2 cm³/mol. The molecule has 0 aromatic heterocycles.